The van der Waals surface area contributed by atoms with E-state index < -0.39 is 6.10 Å². The molecule has 0 aliphatic heterocycles. The van der Waals surface area contributed by atoms with Gasteiger partial charge >= 0.3 is 17.9 Å². The lowest BCUT2D eigenvalue weighted by molar-refractivity contribution is -0.167. The van der Waals surface area contributed by atoms with Crippen molar-refractivity contribution in [3.8, 4) is 0 Å². The second-order valence-electron chi connectivity index (χ2n) is 22.0. The summed E-state index contributed by atoms with van der Waals surface area (Å²) in [5.74, 6) is -0.886. The standard InChI is InChI=1S/C69H124O6/c1-4-7-10-13-16-19-22-25-28-30-31-32-33-34-35-36-37-38-40-41-44-47-50-53-56-59-62-68(71)74-65-66(64-73-67(70)61-58-55-52-49-46-43-27-24-21-18-15-12-9-6-3)75-69(72)63-60-57-54-51-48-45-42-39-29-26-23-20-17-14-11-8-5-2/h8,11,15,17-18,20,24,26-27,29,66H,4-7,9-10,12-14,16,19,21-23,25,28,30-65H2,1-3H3/b11-8-,18-15-,20-17-,27-24-,29-26-. The van der Waals surface area contributed by atoms with Gasteiger partial charge in [0.25, 0.3) is 0 Å². The van der Waals surface area contributed by atoms with Gasteiger partial charge < -0.3 is 14.2 Å². The molecule has 0 bridgehead atoms. The summed E-state index contributed by atoms with van der Waals surface area (Å²) in [5, 5.41) is 0. The highest BCUT2D eigenvalue weighted by Crippen LogP contribution is 2.18. The van der Waals surface area contributed by atoms with Crippen LogP contribution in [0.2, 0.25) is 0 Å². The zero-order chi connectivity index (χ0) is 54.3. The SMILES string of the molecule is CC/C=C\C/C=C\C/C=C\CCCCCCCCCC(=O)OC(COC(=O)CCCCCCC/C=C\C/C=C\CCCC)COC(=O)CCCCCCCCCCCCCCCCCCCCCCCCCCCC. The van der Waals surface area contributed by atoms with E-state index in [4.69, 9.17) is 14.2 Å². The van der Waals surface area contributed by atoms with E-state index >= 15 is 0 Å². The fourth-order valence-electron chi connectivity index (χ4n) is 9.59. The summed E-state index contributed by atoms with van der Waals surface area (Å²) in [6, 6.07) is 0. The van der Waals surface area contributed by atoms with E-state index in [0.29, 0.717) is 19.3 Å². The molecule has 0 aromatic carbocycles. The molecular formula is C69H124O6. The monoisotopic (exact) mass is 1050 g/mol. The number of hydrogen-bond donors (Lipinski definition) is 0. The Labute approximate surface area is 466 Å². The zero-order valence-electron chi connectivity index (χ0n) is 50.1. The van der Waals surface area contributed by atoms with Crippen LogP contribution in [0, 0.1) is 0 Å². The Kier molecular flexibility index (Phi) is 61.2. The van der Waals surface area contributed by atoms with Crippen LogP contribution in [-0.2, 0) is 28.6 Å². The van der Waals surface area contributed by atoms with Crippen LogP contribution in [0.3, 0.4) is 0 Å². The Morgan fingerprint density at radius 1 is 0.280 bits per heavy atom. The van der Waals surface area contributed by atoms with Crippen molar-refractivity contribution < 1.29 is 28.6 Å². The quantitative estimate of drug-likeness (QED) is 0.0261. The van der Waals surface area contributed by atoms with Crippen LogP contribution in [0.15, 0.2) is 60.8 Å². The summed E-state index contributed by atoms with van der Waals surface area (Å²) in [4.78, 5) is 38.3. The van der Waals surface area contributed by atoms with Crippen molar-refractivity contribution >= 4 is 17.9 Å². The molecule has 0 amide bonds. The minimum absolute atomic E-state index is 0.0799. The van der Waals surface area contributed by atoms with E-state index in [-0.39, 0.29) is 31.1 Å². The van der Waals surface area contributed by atoms with Gasteiger partial charge in [0.05, 0.1) is 0 Å². The van der Waals surface area contributed by atoms with Gasteiger partial charge in [-0.1, -0.05) is 306 Å². The predicted octanol–water partition coefficient (Wildman–Crippen LogP) is 22.3. The molecule has 436 valence electrons. The minimum Gasteiger partial charge on any atom is -0.462 e. The van der Waals surface area contributed by atoms with Crippen LogP contribution in [0.4, 0.5) is 0 Å². The van der Waals surface area contributed by atoms with Gasteiger partial charge in [0, 0.05) is 19.3 Å². The third kappa shape index (κ3) is 61.8. The summed E-state index contributed by atoms with van der Waals surface area (Å²) in [7, 11) is 0. The number of carbonyl (C=O) groups is 3. The molecule has 0 heterocycles. The first kappa shape index (κ1) is 72.1. The number of ether oxygens (including phenoxy) is 3. The van der Waals surface area contributed by atoms with Gasteiger partial charge in [-0.25, -0.2) is 0 Å². The van der Waals surface area contributed by atoms with Crippen molar-refractivity contribution in [3.05, 3.63) is 60.8 Å². The lowest BCUT2D eigenvalue weighted by atomic mass is 10.0. The van der Waals surface area contributed by atoms with Gasteiger partial charge in [0.1, 0.15) is 13.2 Å². The third-order valence-electron chi connectivity index (χ3n) is 14.5. The molecule has 0 saturated carbocycles. The highest BCUT2D eigenvalue weighted by Gasteiger charge is 2.19. The molecule has 75 heavy (non-hydrogen) atoms. The first-order valence-electron chi connectivity index (χ1n) is 32.8. The number of esters is 3. The van der Waals surface area contributed by atoms with E-state index in [2.05, 4.69) is 81.5 Å². The highest BCUT2D eigenvalue weighted by molar-refractivity contribution is 5.71. The Balaban J connectivity index is 4.25. The molecule has 0 aliphatic rings. The fraction of sp³-hybridized carbons (Fsp3) is 0.812. The first-order chi connectivity index (χ1) is 37.0. The zero-order valence-corrected chi connectivity index (χ0v) is 50.1. The van der Waals surface area contributed by atoms with Crippen LogP contribution in [-0.4, -0.2) is 37.2 Å². The second-order valence-corrected chi connectivity index (χ2v) is 22.0. The average Bonchev–Trinajstić information content (AvgIpc) is 3.41. The molecular weight excluding hydrogens is 925 g/mol. The molecule has 0 saturated heterocycles. The number of rotatable bonds is 60. The molecule has 0 rings (SSSR count). The normalized spacial score (nSPS) is 12.4. The van der Waals surface area contributed by atoms with Crippen molar-refractivity contribution in [1.29, 1.82) is 0 Å². The topological polar surface area (TPSA) is 78.9 Å². The van der Waals surface area contributed by atoms with E-state index in [0.717, 1.165) is 103 Å². The predicted molar refractivity (Wildman–Crippen MR) is 325 cm³/mol. The Bertz CT molecular complexity index is 1340. The molecule has 0 aromatic rings. The number of carbonyl (C=O) groups excluding carboxylic acids is 3. The van der Waals surface area contributed by atoms with Crippen molar-refractivity contribution in [2.75, 3.05) is 13.2 Å². The molecule has 1 atom stereocenters. The molecule has 0 radical (unpaired) electrons. The molecule has 0 aliphatic carbocycles. The van der Waals surface area contributed by atoms with Crippen LogP contribution in [0.5, 0.6) is 0 Å². The van der Waals surface area contributed by atoms with E-state index in [1.54, 1.807) is 0 Å². The van der Waals surface area contributed by atoms with Crippen LogP contribution < -0.4 is 0 Å². The Hall–Kier alpha value is -2.89. The number of unbranched alkanes of at least 4 members (excludes halogenated alkanes) is 39. The van der Waals surface area contributed by atoms with Crippen molar-refractivity contribution in [2.45, 2.75) is 348 Å². The van der Waals surface area contributed by atoms with Crippen LogP contribution >= 0.6 is 0 Å². The van der Waals surface area contributed by atoms with Gasteiger partial charge in [-0.3, -0.25) is 14.4 Å². The lowest BCUT2D eigenvalue weighted by Gasteiger charge is -2.18. The third-order valence-corrected chi connectivity index (χ3v) is 14.5. The lowest BCUT2D eigenvalue weighted by Crippen LogP contribution is -2.30. The first-order valence-corrected chi connectivity index (χ1v) is 32.8. The molecule has 0 aromatic heterocycles. The largest absolute Gasteiger partial charge is 0.462 e. The van der Waals surface area contributed by atoms with Crippen molar-refractivity contribution in [3.63, 3.8) is 0 Å². The molecule has 6 nitrogen and oxygen atoms in total. The summed E-state index contributed by atoms with van der Waals surface area (Å²) in [5.41, 5.74) is 0. The maximum absolute atomic E-state index is 12.9. The molecule has 0 spiro atoms. The van der Waals surface area contributed by atoms with Crippen molar-refractivity contribution in [1.82, 2.24) is 0 Å². The minimum atomic E-state index is -0.785. The van der Waals surface area contributed by atoms with E-state index in [1.165, 1.54) is 199 Å². The van der Waals surface area contributed by atoms with E-state index in [9.17, 15) is 14.4 Å². The number of hydrogen-bond acceptors (Lipinski definition) is 6. The maximum atomic E-state index is 12.9. The molecule has 0 N–H and O–H groups in total. The van der Waals surface area contributed by atoms with Gasteiger partial charge in [0.2, 0.25) is 0 Å². The van der Waals surface area contributed by atoms with Crippen LogP contribution in [0.25, 0.3) is 0 Å². The van der Waals surface area contributed by atoms with Gasteiger partial charge in [0.15, 0.2) is 6.10 Å². The fourth-order valence-corrected chi connectivity index (χ4v) is 9.59. The Morgan fingerprint density at radius 3 is 0.853 bits per heavy atom. The number of allylic oxidation sites excluding steroid dienone is 10. The van der Waals surface area contributed by atoms with Gasteiger partial charge in [-0.2, -0.15) is 0 Å². The van der Waals surface area contributed by atoms with E-state index in [1.807, 2.05) is 0 Å². The smallest absolute Gasteiger partial charge is 0.306 e. The molecule has 0 fully saturated rings. The van der Waals surface area contributed by atoms with Gasteiger partial charge in [-0.05, 0) is 77.0 Å². The van der Waals surface area contributed by atoms with Crippen LogP contribution in [0.1, 0.15) is 342 Å². The average molecular weight is 1050 g/mol. The molecule has 6 heteroatoms. The highest BCUT2D eigenvalue weighted by atomic mass is 16.6. The summed E-state index contributed by atoms with van der Waals surface area (Å²) >= 11 is 0. The maximum Gasteiger partial charge on any atom is 0.306 e. The summed E-state index contributed by atoms with van der Waals surface area (Å²) in [6.07, 6.45) is 81.0. The summed E-state index contributed by atoms with van der Waals surface area (Å²) < 4.78 is 16.9. The second kappa shape index (κ2) is 63.6. The Morgan fingerprint density at radius 2 is 0.533 bits per heavy atom. The molecule has 1 unspecified atom stereocenters. The summed E-state index contributed by atoms with van der Waals surface area (Å²) in [6.45, 7) is 6.52. The van der Waals surface area contributed by atoms with Gasteiger partial charge in [-0.15, -0.1) is 0 Å². The van der Waals surface area contributed by atoms with Crippen molar-refractivity contribution in [2.24, 2.45) is 0 Å².